The van der Waals surface area contributed by atoms with Crippen molar-refractivity contribution in [3.05, 3.63) is 97.2 Å². The van der Waals surface area contributed by atoms with E-state index < -0.39 is 67.4 Å². The average molecular weight is 1020 g/mol. The first-order chi connectivity index (χ1) is 35.7. The van der Waals surface area contributed by atoms with E-state index in [2.05, 4.69) is 105 Å². The molecule has 0 saturated carbocycles. The third-order valence-electron chi connectivity index (χ3n) is 13.0. The van der Waals surface area contributed by atoms with Gasteiger partial charge in [0.15, 0.2) is 12.4 Å². The highest BCUT2D eigenvalue weighted by Crippen LogP contribution is 2.26. The molecule has 1 aliphatic heterocycles. The summed E-state index contributed by atoms with van der Waals surface area (Å²) in [5, 5.41) is 56.8. The van der Waals surface area contributed by atoms with Crippen LogP contribution in [0.5, 0.6) is 0 Å². The molecule has 0 spiro atoms. The zero-order valence-corrected chi connectivity index (χ0v) is 46.0. The third kappa shape index (κ3) is 37.9. The van der Waals surface area contributed by atoms with Gasteiger partial charge in [-0.3, -0.25) is 9.59 Å². The molecule has 73 heavy (non-hydrogen) atoms. The minimum atomic E-state index is -1.63. The van der Waals surface area contributed by atoms with E-state index in [9.17, 15) is 35.1 Å². The minimum Gasteiger partial charge on any atom is -0.454 e. The number of nitrogens with one attached hydrogen (secondary N) is 1. The second-order valence-electron chi connectivity index (χ2n) is 19.7. The molecule has 0 aromatic carbocycles. The number of carbonyl (C=O) groups excluding carboxylic acids is 2. The van der Waals surface area contributed by atoms with Gasteiger partial charge in [0.25, 0.3) is 0 Å². The Hall–Kier alpha value is -3.42. The lowest BCUT2D eigenvalue weighted by Gasteiger charge is -2.41. The van der Waals surface area contributed by atoms with E-state index in [1.54, 1.807) is 6.08 Å². The molecule has 1 heterocycles. The number of aliphatic hydroxyl groups excluding tert-OH is 5. The summed E-state index contributed by atoms with van der Waals surface area (Å²) < 4.78 is 17.5. The van der Waals surface area contributed by atoms with Gasteiger partial charge in [-0.25, -0.2) is 0 Å². The van der Waals surface area contributed by atoms with Gasteiger partial charge >= 0.3 is 5.97 Å². The maximum absolute atomic E-state index is 13.4. The molecule has 0 aromatic heterocycles. The van der Waals surface area contributed by atoms with Gasteiger partial charge in [-0.2, -0.15) is 0 Å². The molecule has 0 aromatic rings. The molecule has 8 unspecified atom stereocenters. The van der Waals surface area contributed by atoms with Gasteiger partial charge in [0.05, 0.1) is 25.4 Å². The maximum Gasteiger partial charge on any atom is 0.306 e. The van der Waals surface area contributed by atoms with E-state index in [0.29, 0.717) is 12.8 Å². The molecule has 6 N–H and O–H groups in total. The van der Waals surface area contributed by atoms with Crippen molar-refractivity contribution in [3.63, 3.8) is 0 Å². The van der Waals surface area contributed by atoms with Crippen LogP contribution in [-0.4, -0.2) is 99.6 Å². The van der Waals surface area contributed by atoms with Crippen LogP contribution in [0.25, 0.3) is 0 Å². The highest BCUT2D eigenvalue weighted by molar-refractivity contribution is 5.80. The summed E-state index contributed by atoms with van der Waals surface area (Å²) in [6, 6.07) is -1.05. The van der Waals surface area contributed by atoms with Crippen LogP contribution in [0.1, 0.15) is 220 Å². The van der Waals surface area contributed by atoms with Gasteiger partial charge in [-0.1, -0.05) is 221 Å². The molecule has 0 aliphatic carbocycles. The summed E-state index contributed by atoms with van der Waals surface area (Å²) in [6.07, 6.45) is 54.5. The Labute approximate surface area is 444 Å². The molecule has 1 amide bonds. The van der Waals surface area contributed by atoms with Crippen molar-refractivity contribution in [1.29, 1.82) is 0 Å². The molecule has 8 atom stereocenters. The van der Waals surface area contributed by atoms with E-state index in [1.165, 1.54) is 57.8 Å². The number of amides is 1. The Morgan fingerprint density at radius 1 is 0.562 bits per heavy atom. The number of hydrogen-bond acceptors (Lipinski definition) is 10. The summed E-state index contributed by atoms with van der Waals surface area (Å²) in [4.78, 5) is 26.5. The topological polar surface area (TPSA) is 175 Å². The van der Waals surface area contributed by atoms with Crippen molar-refractivity contribution < 1.29 is 49.3 Å². The number of ether oxygens (including phenoxy) is 3. The smallest absolute Gasteiger partial charge is 0.306 e. The van der Waals surface area contributed by atoms with Gasteiger partial charge in [0.2, 0.25) is 5.91 Å². The van der Waals surface area contributed by atoms with Gasteiger partial charge < -0.3 is 45.1 Å². The summed E-state index contributed by atoms with van der Waals surface area (Å²) in [5.41, 5.74) is 0. The van der Waals surface area contributed by atoms with Gasteiger partial charge in [0.1, 0.15) is 24.4 Å². The SMILES string of the molecule is CC/C=C/C=C/C=C/CCCCCCCCCC(=O)OC1C(OCC(NC(=O)C(O)CCCC/C=C\C/C=C\C/C=C\C/C=C\CCCCC)C(O)/C=C/CCCCCCCCCCC)OC(CO)C(O)C1O. The van der Waals surface area contributed by atoms with Crippen LogP contribution >= 0.6 is 0 Å². The molecule has 418 valence electrons. The fourth-order valence-corrected chi connectivity index (χ4v) is 8.40. The number of hydrogen-bond donors (Lipinski definition) is 6. The molecule has 1 fully saturated rings. The minimum absolute atomic E-state index is 0.101. The predicted octanol–water partition coefficient (Wildman–Crippen LogP) is 13.2. The molecular formula is C62H105NO10. The first kappa shape index (κ1) is 67.6. The summed E-state index contributed by atoms with van der Waals surface area (Å²) in [5.74, 6) is -1.25. The number of rotatable bonds is 47. The second-order valence-corrected chi connectivity index (χ2v) is 19.7. The number of aliphatic hydroxyl groups is 5. The highest BCUT2D eigenvalue weighted by atomic mass is 16.7. The molecule has 0 bridgehead atoms. The van der Waals surface area contributed by atoms with Crippen LogP contribution in [0, 0.1) is 0 Å². The van der Waals surface area contributed by atoms with E-state index in [4.69, 9.17) is 14.2 Å². The van der Waals surface area contributed by atoms with Gasteiger partial charge in [-0.15, -0.1) is 0 Å². The lowest BCUT2D eigenvalue weighted by molar-refractivity contribution is -0.305. The average Bonchev–Trinajstić information content (AvgIpc) is 3.39. The van der Waals surface area contributed by atoms with E-state index in [0.717, 1.165) is 116 Å². The zero-order valence-electron chi connectivity index (χ0n) is 46.0. The van der Waals surface area contributed by atoms with Crippen molar-refractivity contribution >= 4 is 11.9 Å². The lowest BCUT2D eigenvalue weighted by Crippen LogP contribution is -2.61. The number of allylic oxidation sites excluding steroid dienone is 15. The van der Waals surface area contributed by atoms with Gasteiger partial charge in [-0.05, 0) is 89.9 Å². The molecular weight excluding hydrogens is 919 g/mol. The van der Waals surface area contributed by atoms with Crippen molar-refractivity contribution in [1.82, 2.24) is 5.32 Å². The molecule has 1 rings (SSSR count). The fraction of sp³-hybridized carbons (Fsp3) is 0.710. The Kier molecular flexibility index (Phi) is 45.8. The molecule has 1 saturated heterocycles. The van der Waals surface area contributed by atoms with E-state index >= 15 is 0 Å². The van der Waals surface area contributed by atoms with Crippen LogP contribution in [0.15, 0.2) is 97.2 Å². The van der Waals surface area contributed by atoms with E-state index in [1.807, 2.05) is 12.2 Å². The highest BCUT2D eigenvalue weighted by Gasteiger charge is 2.47. The number of carbonyl (C=O) groups is 2. The first-order valence-electron chi connectivity index (χ1n) is 29.0. The van der Waals surface area contributed by atoms with Crippen molar-refractivity contribution in [3.8, 4) is 0 Å². The fourth-order valence-electron chi connectivity index (χ4n) is 8.40. The normalized spacial score (nSPS) is 20.1. The first-order valence-corrected chi connectivity index (χ1v) is 29.0. The lowest BCUT2D eigenvalue weighted by atomic mass is 9.99. The Balaban J connectivity index is 2.75. The summed E-state index contributed by atoms with van der Waals surface area (Å²) in [6.45, 7) is 5.57. The van der Waals surface area contributed by atoms with Crippen molar-refractivity contribution in [2.24, 2.45) is 0 Å². The van der Waals surface area contributed by atoms with E-state index in [-0.39, 0.29) is 19.4 Å². The Morgan fingerprint density at radius 2 is 1.04 bits per heavy atom. The van der Waals surface area contributed by atoms with Crippen molar-refractivity contribution in [2.75, 3.05) is 13.2 Å². The Bertz CT molecular complexity index is 1550. The van der Waals surface area contributed by atoms with Crippen LogP contribution in [0.3, 0.4) is 0 Å². The molecule has 11 heteroatoms. The van der Waals surface area contributed by atoms with Crippen molar-refractivity contribution in [2.45, 2.75) is 269 Å². The summed E-state index contributed by atoms with van der Waals surface area (Å²) >= 11 is 0. The maximum atomic E-state index is 13.4. The molecule has 11 nitrogen and oxygen atoms in total. The standard InChI is InChI=1S/C62H105NO10/c1-4-7-10-13-16-19-22-24-26-27-28-30-31-34-37-40-43-46-49-55(66)61(70)63-53(54(65)48-45-42-39-36-33-21-18-15-12-9-6-3)52-71-62-60(59(69)58(68)56(51-64)72-62)73-57(67)50-47-44-41-38-35-32-29-25-23-20-17-14-11-8-5-2/h8,11,14,16-17,19-20,23-24,26,28,30,34,37,45,48,53-56,58-60,62,64-66,68-69H,4-7,9-10,12-13,15,18,21-22,25,27,29,31-33,35-36,38-44,46-47,49-52H2,1-3H3,(H,63,70)/b11-8+,17-14+,19-16-,23-20+,26-24-,30-28-,37-34-,48-45+. The van der Waals surface area contributed by atoms with Crippen LogP contribution in [0.4, 0.5) is 0 Å². The predicted molar refractivity (Wildman–Crippen MR) is 301 cm³/mol. The Morgan fingerprint density at radius 3 is 1.62 bits per heavy atom. The number of esters is 1. The zero-order chi connectivity index (χ0) is 53.3. The monoisotopic (exact) mass is 1020 g/mol. The number of unbranched alkanes of at least 4 members (excludes halogenated alkanes) is 21. The summed E-state index contributed by atoms with van der Waals surface area (Å²) in [7, 11) is 0. The second kappa shape index (κ2) is 49.5. The van der Waals surface area contributed by atoms with Crippen LogP contribution < -0.4 is 5.32 Å². The third-order valence-corrected chi connectivity index (χ3v) is 13.0. The van der Waals surface area contributed by atoms with Gasteiger partial charge in [0, 0.05) is 6.42 Å². The molecule has 0 radical (unpaired) electrons. The van der Waals surface area contributed by atoms with Crippen LogP contribution in [-0.2, 0) is 23.8 Å². The van der Waals surface area contributed by atoms with Crippen LogP contribution in [0.2, 0.25) is 0 Å². The largest absolute Gasteiger partial charge is 0.454 e. The quantitative estimate of drug-likeness (QED) is 0.0149. The molecule has 1 aliphatic rings.